The van der Waals surface area contributed by atoms with E-state index in [9.17, 15) is 8.42 Å². The maximum atomic E-state index is 12.1. The molecule has 0 atom stereocenters. The second-order valence-electron chi connectivity index (χ2n) is 3.25. The molecule has 2 aromatic rings. The number of aromatic nitrogens is 4. The van der Waals surface area contributed by atoms with Gasteiger partial charge in [0.05, 0.1) is 28.8 Å². The fourth-order valence-corrected chi connectivity index (χ4v) is 2.98. The lowest BCUT2D eigenvalue weighted by atomic mass is 10.5. The van der Waals surface area contributed by atoms with E-state index in [2.05, 4.69) is 26.1 Å². The molecule has 0 unspecified atom stereocenters. The Morgan fingerprint density at radius 1 is 1.31 bits per heavy atom. The lowest BCUT2D eigenvalue weighted by Gasteiger charge is -2.02. The van der Waals surface area contributed by atoms with Gasteiger partial charge in [-0.2, -0.15) is 22.7 Å². The smallest absolute Gasteiger partial charge is 0.272 e. The molecule has 0 radical (unpaired) electrons. The van der Waals surface area contributed by atoms with E-state index in [1.54, 1.807) is 14.0 Å². The van der Waals surface area contributed by atoms with Crippen molar-refractivity contribution in [2.45, 2.75) is 11.8 Å². The fourth-order valence-electron chi connectivity index (χ4n) is 1.25. The van der Waals surface area contributed by atoms with Crippen LogP contribution in [-0.4, -0.2) is 27.4 Å². The van der Waals surface area contributed by atoms with Crippen molar-refractivity contribution in [3.8, 4) is 0 Å². The van der Waals surface area contributed by atoms with Crippen LogP contribution in [0.2, 0.25) is 0 Å². The molecular weight excluding hydrogens is 296 g/mol. The summed E-state index contributed by atoms with van der Waals surface area (Å²) in [4.78, 5) is 0.158. The predicted molar refractivity (Wildman–Crippen MR) is 60.5 cm³/mol. The molecule has 0 aliphatic rings. The topological polar surface area (TPSA) is 69.8 Å². The second kappa shape index (κ2) is 3.70. The molecule has 0 aromatic carbocycles. The van der Waals surface area contributed by atoms with Gasteiger partial charge in [0.15, 0.2) is 0 Å². The van der Waals surface area contributed by atoms with E-state index < -0.39 is 10.0 Å². The van der Waals surface area contributed by atoms with Crippen molar-refractivity contribution in [1.82, 2.24) is 19.0 Å². The number of halogens is 1. The van der Waals surface area contributed by atoms with Crippen LogP contribution in [-0.2, 0) is 17.1 Å². The van der Waals surface area contributed by atoms with Crippen LogP contribution in [0.1, 0.15) is 5.69 Å². The number of nitrogens with zero attached hydrogens (tertiary/aromatic N) is 4. The van der Waals surface area contributed by atoms with Gasteiger partial charge in [0, 0.05) is 7.05 Å². The number of hydrogen-bond donors (Lipinski definition) is 0. The van der Waals surface area contributed by atoms with E-state index in [1.807, 2.05) is 0 Å². The Hall–Kier alpha value is -1.15. The molecular formula is C8H9BrN4O2S. The molecule has 8 heteroatoms. The fraction of sp³-hybridized carbons (Fsp3) is 0.250. The van der Waals surface area contributed by atoms with Gasteiger partial charge in [-0.3, -0.25) is 4.68 Å². The number of hydrogen-bond acceptors (Lipinski definition) is 4. The molecule has 0 aliphatic carbocycles. The maximum Gasteiger partial charge on any atom is 0.286 e. The first-order valence-corrected chi connectivity index (χ1v) is 6.60. The molecule has 2 heterocycles. The quantitative estimate of drug-likeness (QED) is 0.827. The molecule has 2 aromatic heterocycles. The largest absolute Gasteiger partial charge is 0.286 e. The van der Waals surface area contributed by atoms with Crippen molar-refractivity contribution >= 4 is 26.0 Å². The van der Waals surface area contributed by atoms with Gasteiger partial charge in [-0.15, -0.1) is 0 Å². The third-order valence-electron chi connectivity index (χ3n) is 2.24. The summed E-state index contributed by atoms with van der Waals surface area (Å²) in [6.07, 6.45) is 4.13. The summed E-state index contributed by atoms with van der Waals surface area (Å²) in [6, 6.07) is 0. The van der Waals surface area contributed by atoms with E-state index in [1.165, 1.54) is 23.3 Å². The highest BCUT2D eigenvalue weighted by Crippen LogP contribution is 2.18. The molecule has 0 fully saturated rings. The Kier molecular flexibility index (Phi) is 2.62. The molecule has 16 heavy (non-hydrogen) atoms. The van der Waals surface area contributed by atoms with Gasteiger partial charge in [-0.05, 0) is 22.9 Å². The van der Waals surface area contributed by atoms with Gasteiger partial charge in [-0.25, -0.2) is 0 Å². The average molecular weight is 305 g/mol. The van der Waals surface area contributed by atoms with Crippen LogP contribution in [0.4, 0.5) is 0 Å². The van der Waals surface area contributed by atoms with Crippen LogP contribution >= 0.6 is 15.9 Å². The van der Waals surface area contributed by atoms with Gasteiger partial charge in [-0.1, -0.05) is 0 Å². The van der Waals surface area contributed by atoms with E-state index in [4.69, 9.17) is 0 Å². The van der Waals surface area contributed by atoms with E-state index in [0.717, 1.165) is 4.09 Å². The minimum atomic E-state index is -3.64. The Balaban J connectivity index is 2.60. The molecule has 0 bridgehead atoms. The van der Waals surface area contributed by atoms with Crippen LogP contribution in [0.3, 0.4) is 0 Å². The number of aryl methyl sites for hydroxylation is 1. The summed E-state index contributed by atoms with van der Waals surface area (Å²) >= 11 is 3.15. The summed E-state index contributed by atoms with van der Waals surface area (Å²) in [5.41, 5.74) is 0.576. The first kappa shape index (κ1) is 11.3. The monoisotopic (exact) mass is 304 g/mol. The highest BCUT2D eigenvalue weighted by molar-refractivity contribution is 9.10. The zero-order valence-electron chi connectivity index (χ0n) is 8.62. The maximum absolute atomic E-state index is 12.1. The Bertz CT molecular complexity index is 628. The zero-order valence-corrected chi connectivity index (χ0v) is 11.0. The van der Waals surface area contributed by atoms with Crippen LogP contribution in [0.15, 0.2) is 28.0 Å². The highest BCUT2D eigenvalue weighted by Gasteiger charge is 2.22. The Morgan fingerprint density at radius 3 is 2.44 bits per heavy atom. The van der Waals surface area contributed by atoms with E-state index in [-0.39, 0.29) is 4.90 Å². The van der Waals surface area contributed by atoms with E-state index in [0.29, 0.717) is 10.2 Å². The number of rotatable bonds is 2. The van der Waals surface area contributed by atoms with Gasteiger partial charge in [0.1, 0.15) is 4.90 Å². The molecule has 0 saturated carbocycles. The van der Waals surface area contributed by atoms with Gasteiger partial charge < -0.3 is 0 Å². The van der Waals surface area contributed by atoms with Crippen molar-refractivity contribution in [1.29, 1.82) is 0 Å². The molecule has 0 aliphatic heterocycles. The standard InChI is InChI=1S/C8H9BrN4O2S/c1-6-8(4-10-12(6)2)16(14,15)13-5-7(9)3-11-13/h3-5H,1-2H3. The summed E-state index contributed by atoms with van der Waals surface area (Å²) < 4.78 is 27.2. The van der Waals surface area contributed by atoms with Gasteiger partial charge in [0.25, 0.3) is 10.0 Å². The predicted octanol–water partition coefficient (Wildman–Crippen LogP) is 0.925. The van der Waals surface area contributed by atoms with Gasteiger partial charge >= 0.3 is 0 Å². The first-order chi connectivity index (χ1) is 7.43. The lowest BCUT2D eigenvalue weighted by molar-refractivity contribution is 0.579. The van der Waals surface area contributed by atoms with Crippen LogP contribution < -0.4 is 0 Å². The summed E-state index contributed by atoms with van der Waals surface area (Å²) in [7, 11) is -1.95. The molecule has 2 rings (SSSR count). The molecule has 0 amide bonds. The first-order valence-electron chi connectivity index (χ1n) is 4.37. The van der Waals surface area contributed by atoms with Crippen LogP contribution in [0.5, 0.6) is 0 Å². The minimum absolute atomic E-state index is 0.158. The average Bonchev–Trinajstić information content (AvgIpc) is 2.76. The third-order valence-corrected chi connectivity index (χ3v) is 4.30. The van der Waals surface area contributed by atoms with Crippen LogP contribution in [0.25, 0.3) is 0 Å². The SMILES string of the molecule is Cc1c(S(=O)(=O)n2cc(Br)cn2)cnn1C. The lowest BCUT2D eigenvalue weighted by Crippen LogP contribution is -2.14. The summed E-state index contributed by atoms with van der Waals surface area (Å²) in [5, 5.41) is 7.66. The Labute approximate surface area is 101 Å². The van der Waals surface area contributed by atoms with Crippen molar-refractivity contribution < 1.29 is 8.42 Å². The molecule has 0 N–H and O–H groups in total. The third kappa shape index (κ3) is 1.67. The second-order valence-corrected chi connectivity index (χ2v) is 5.93. The molecule has 6 nitrogen and oxygen atoms in total. The molecule has 0 spiro atoms. The summed E-state index contributed by atoms with van der Waals surface area (Å²) in [6.45, 7) is 1.69. The molecule has 86 valence electrons. The normalized spacial score (nSPS) is 11.9. The Morgan fingerprint density at radius 2 is 2.00 bits per heavy atom. The van der Waals surface area contributed by atoms with Gasteiger partial charge in [0.2, 0.25) is 0 Å². The van der Waals surface area contributed by atoms with Crippen molar-refractivity contribution in [2.24, 2.45) is 7.05 Å². The van der Waals surface area contributed by atoms with Crippen molar-refractivity contribution in [2.75, 3.05) is 0 Å². The summed E-state index contributed by atoms with van der Waals surface area (Å²) in [5.74, 6) is 0. The minimum Gasteiger partial charge on any atom is -0.272 e. The molecule has 0 saturated heterocycles. The van der Waals surface area contributed by atoms with Crippen LogP contribution in [0, 0.1) is 6.92 Å². The van der Waals surface area contributed by atoms with Crippen molar-refractivity contribution in [3.05, 3.63) is 28.8 Å². The van der Waals surface area contributed by atoms with Crippen molar-refractivity contribution in [3.63, 3.8) is 0 Å². The highest BCUT2D eigenvalue weighted by atomic mass is 79.9. The van der Waals surface area contributed by atoms with E-state index >= 15 is 0 Å². The zero-order chi connectivity index (χ0) is 11.9.